The maximum Gasteiger partial charge on any atom is 0.190 e. The number of para-hydroxylation sites is 3. The minimum Gasteiger partial charge on any atom is -0.337 e. The minimum absolute atomic E-state index is 0.577. The van der Waals surface area contributed by atoms with Crippen molar-refractivity contribution < 1.29 is 0 Å². The first kappa shape index (κ1) is 16.7. The van der Waals surface area contributed by atoms with Crippen LogP contribution in [0.15, 0.2) is 90.0 Å². The molecule has 1 heterocycles. The van der Waals surface area contributed by atoms with Crippen molar-refractivity contribution in [2.75, 3.05) is 10.7 Å². The number of nitrogens with one attached hydrogen (secondary N) is 2. The van der Waals surface area contributed by atoms with E-state index in [2.05, 4.69) is 15.8 Å². The number of hydrazone groups is 1. The van der Waals surface area contributed by atoms with Crippen LogP contribution in [0.25, 0.3) is 11.0 Å². The molecule has 5 nitrogen and oxygen atoms in total. The van der Waals surface area contributed by atoms with Crippen molar-refractivity contribution in [3.8, 4) is 0 Å². The van der Waals surface area contributed by atoms with Gasteiger partial charge in [0, 0.05) is 5.69 Å². The van der Waals surface area contributed by atoms with Crippen molar-refractivity contribution in [2.24, 2.45) is 5.10 Å². The van der Waals surface area contributed by atoms with Crippen LogP contribution >= 0.6 is 0 Å². The zero-order valence-corrected chi connectivity index (χ0v) is 14.9. The number of aromatic nitrogens is 2. The van der Waals surface area contributed by atoms with Crippen LogP contribution in [-0.4, -0.2) is 15.7 Å². The molecular weight excluding hydrogens is 334 g/mol. The Labute approximate surface area is 157 Å². The van der Waals surface area contributed by atoms with Gasteiger partial charge in [0.1, 0.15) is 0 Å². The maximum atomic E-state index is 4.72. The third-order valence-corrected chi connectivity index (χ3v) is 4.13. The lowest BCUT2D eigenvalue weighted by molar-refractivity contribution is 1.20. The summed E-state index contributed by atoms with van der Waals surface area (Å²) in [6.07, 6.45) is 0. The first-order valence-corrected chi connectivity index (χ1v) is 8.74. The van der Waals surface area contributed by atoms with E-state index in [0.29, 0.717) is 11.6 Å². The highest BCUT2D eigenvalue weighted by atomic mass is 15.3. The maximum absolute atomic E-state index is 4.72. The van der Waals surface area contributed by atoms with Crippen LogP contribution < -0.4 is 10.7 Å². The summed E-state index contributed by atoms with van der Waals surface area (Å²) >= 11 is 0. The van der Waals surface area contributed by atoms with Crippen LogP contribution in [0.4, 0.5) is 17.3 Å². The molecule has 0 amide bonds. The molecule has 5 heteroatoms. The summed E-state index contributed by atoms with van der Waals surface area (Å²) < 4.78 is 0. The summed E-state index contributed by atoms with van der Waals surface area (Å²) in [4.78, 5) is 9.41. The number of fused-ring (bicyclic) bond motifs is 1. The zero-order valence-electron chi connectivity index (χ0n) is 14.9. The summed E-state index contributed by atoms with van der Waals surface area (Å²) in [7, 11) is 0. The second-order valence-corrected chi connectivity index (χ2v) is 6.08. The highest BCUT2D eigenvalue weighted by Gasteiger charge is 2.09. The third-order valence-electron chi connectivity index (χ3n) is 4.13. The number of hydrogen-bond donors (Lipinski definition) is 2. The second-order valence-electron chi connectivity index (χ2n) is 6.08. The molecule has 132 valence electrons. The molecule has 0 aliphatic carbocycles. The Hall–Kier alpha value is -3.73. The van der Waals surface area contributed by atoms with Crippen LogP contribution in [0.2, 0.25) is 0 Å². The number of anilines is 3. The van der Waals surface area contributed by atoms with E-state index in [-0.39, 0.29) is 0 Å². The first-order valence-electron chi connectivity index (χ1n) is 8.74. The number of benzene rings is 3. The summed E-state index contributed by atoms with van der Waals surface area (Å²) in [5.41, 5.74) is 7.57. The molecule has 0 atom stereocenters. The molecule has 3 aromatic carbocycles. The molecule has 0 aliphatic heterocycles. The lowest BCUT2D eigenvalue weighted by atomic mass is 10.1. The highest BCUT2D eigenvalue weighted by Crippen LogP contribution is 2.24. The third kappa shape index (κ3) is 3.93. The summed E-state index contributed by atoms with van der Waals surface area (Å²) in [6, 6.07) is 27.7. The fraction of sp³-hybridized carbons (Fsp3) is 0.0455. The van der Waals surface area contributed by atoms with E-state index in [1.165, 1.54) is 0 Å². The Morgan fingerprint density at radius 3 is 1.93 bits per heavy atom. The lowest BCUT2D eigenvalue weighted by Gasteiger charge is -2.12. The molecule has 0 radical (unpaired) electrons. The van der Waals surface area contributed by atoms with Crippen LogP contribution in [0, 0.1) is 0 Å². The monoisotopic (exact) mass is 353 g/mol. The van der Waals surface area contributed by atoms with Crippen molar-refractivity contribution in [2.45, 2.75) is 6.92 Å². The molecule has 0 aliphatic rings. The quantitative estimate of drug-likeness (QED) is 0.382. The van der Waals surface area contributed by atoms with Crippen molar-refractivity contribution >= 4 is 34.1 Å². The van der Waals surface area contributed by atoms with Crippen LogP contribution in [-0.2, 0) is 0 Å². The molecule has 27 heavy (non-hydrogen) atoms. The summed E-state index contributed by atoms with van der Waals surface area (Å²) in [6.45, 7) is 1.96. The Balaban J connectivity index is 1.70. The van der Waals surface area contributed by atoms with E-state index in [1.54, 1.807) is 0 Å². The van der Waals surface area contributed by atoms with Gasteiger partial charge in [0.2, 0.25) is 0 Å². The van der Waals surface area contributed by atoms with E-state index >= 15 is 0 Å². The molecule has 4 rings (SSSR count). The van der Waals surface area contributed by atoms with Crippen molar-refractivity contribution in [1.82, 2.24) is 9.97 Å². The fourth-order valence-corrected chi connectivity index (χ4v) is 2.70. The molecular formula is C22H19N5. The van der Waals surface area contributed by atoms with Gasteiger partial charge in [-0.15, -0.1) is 0 Å². The van der Waals surface area contributed by atoms with Crippen LogP contribution in [0.3, 0.4) is 0 Å². The summed E-state index contributed by atoms with van der Waals surface area (Å²) in [5.74, 6) is 1.21. The molecule has 0 fully saturated rings. The average molecular weight is 353 g/mol. The largest absolute Gasteiger partial charge is 0.337 e. The van der Waals surface area contributed by atoms with E-state index in [4.69, 9.17) is 9.97 Å². The van der Waals surface area contributed by atoms with E-state index in [0.717, 1.165) is 28.0 Å². The van der Waals surface area contributed by atoms with Gasteiger partial charge in [-0.25, -0.2) is 9.97 Å². The van der Waals surface area contributed by atoms with Gasteiger partial charge in [0.05, 0.1) is 16.7 Å². The Bertz CT molecular complexity index is 1080. The van der Waals surface area contributed by atoms with E-state index < -0.39 is 0 Å². The normalized spacial score (nSPS) is 11.4. The number of hydrogen-bond acceptors (Lipinski definition) is 5. The first-order chi connectivity index (χ1) is 13.3. The standard InChI is InChI=1S/C22H19N5/c1-16(17-10-4-2-5-11-17)26-27-22-21(23-18-12-6-3-7-13-18)24-19-14-8-9-15-20(19)25-22/h2-15H,1H3,(H,23,24)(H,25,27)/b26-16+. The number of nitrogens with zero attached hydrogens (tertiary/aromatic N) is 3. The fourth-order valence-electron chi connectivity index (χ4n) is 2.70. The molecule has 0 unspecified atom stereocenters. The van der Waals surface area contributed by atoms with Crippen molar-refractivity contribution in [1.29, 1.82) is 0 Å². The Morgan fingerprint density at radius 2 is 1.26 bits per heavy atom. The predicted octanol–water partition coefficient (Wildman–Crippen LogP) is 5.21. The number of rotatable bonds is 5. The molecule has 0 bridgehead atoms. The second kappa shape index (κ2) is 7.66. The van der Waals surface area contributed by atoms with E-state index in [1.807, 2.05) is 91.9 Å². The van der Waals surface area contributed by atoms with Crippen molar-refractivity contribution in [3.63, 3.8) is 0 Å². The van der Waals surface area contributed by atoms with E-state index in [9.17, 15) is 0 Å². The van der Waals surface area contributed by atoms with Crippen molar-refractivity contribution in [3.05, 3.63) is 90.5 Å². The van der Waals surface area contributed by atoms with Gasteiger partial charge in [-0.05, 0) is 36.8 Å². The van der Waals surface area contributed by atoms with Gasteiger partial charge < -0.3 is 5.32 Å². The van der Waals surface area contributed by atoms with Gasteiger partial charge in [0.15, 0.2) is 11.6 Å². The Morgan fingerprint density at radius 1 is 0.704 bits per heavy atom. The van der Waals surface area contributed by atoms with Gasteiger partial charge in [-0.3, -0.25) is 5.43 Å². The van der Waals surface area contributed by atoms with Gasteiger partial charge >= 0.3 is 0 Å². The molecule has 0 saturated heterocycles. The average Bonchev–Trinajstić information content (AvgIpc) is 2.73. The van der Waals surface area contributed by atoms with Gasteiger partial charge in [-0.2, -0.15) is 5.10 Å². The van der Waals surface area contributed by atoms with Crippen LogP contribution in [0.5, 0.6) is 0 Å². The molecule has 1 aromatic heterocycles. The molecule has 0 saturated carbocycles. The predicted molar refractivity (Wildman–Crippen MR) is 112 cm³/mol. The minimum atomic E-state index is 0.577. The molecule has 4 aromatic rings. The molecule has 0 spiro atoms. The van der Waals surface area contributed by atoms with Gasteiger partial charge in [0.25, 0.3) is 0 Å². The summed E-state index contributed by atoms with van der Waals surface area (Å²) in [5, 5.41) is 7.82. The zero-order chi connectivity index (χ0) is 18.5. The lowest BCUT2D eigenvalue weighted by Crippen LogP contribution is -2.05. The SMILES string of the molecule is C/C(=N\Nc1nc2ccccc2nc1Nc1ccccc1)c1ccccc1. The topological polar surface area (TPSA) is 62.2 Å². The Kier molecular flexibility index (Phi) is 4.74. The van der Waals surface area contributed by atoms with Crippen LogP contribution in [0.1, 0.15) is 12.5 Å². The molecule has 2 N–H and O–H groups in total. The van der Waals surface area contributed by atoms with Gasteiger partial charge in [-0.1, -0.05) is 60.7 Å². The highest BCUT2D eigenvalue weighted by molar-refractivity contribution is 5.99. The smallest absolute Gasteiger partial charge is 0.190 e.